The number of hydrogen-bond acceptors (Lipinski definition) is 4. The van der Waals surface area contributed by atoms with Gasteiger partial charge in [-0.3, -0.25) is 9.78 Å². The number of pyridine rings is 1. The average molecular weight is 370 g/mol. The highest BCUT2D eigenvalue weighted by Crippen LogP contribution is 2.19. The molecule has 0 radical (unpaired) electrons. The first-order valence-corrected chi connectivity index (χ1v) is 9.15. The van der Waals surface area contributed by atoms with Crippen LogP contribution in [0.1, 0.15) is 35.5 Å². The molecule has 1 heterocycles. The molecule has 0 aliphatic carbocycles. The van der Waals surface area contributed by atoms with Crippen molar-refractivity contribution < 1.29 is 4.79 Å². The molecule has 1 N–H and O–H groups in total. The summed E-state index contributed by atoms with van der Waals surface area (Å²) < 4.78 is 0. The van der Waals surface area contributed by atoms with Crippen LogP contribution in [0.3, 0.4) is 0 Å². The van der Waals surface area contributed by atoms with Crippen molar-refractivity contribution in [1.29, 1.82) is 5.26 Å². The summed E-state index contributed by atoms with van der Waals surface area (Å²) in [5, 5.41) is 12.1. The van der Waals surface area contributed by atoms with Gasteiger partial charge in [0.25, 0.3) is 5.91 Å². The zero-order valence-corrected chi connectivity index (χ0v) is 16.0. The molecule has 0 unspecified atom stereocenters. The topological polar surface area (TPSA) is 69.0 Å². The quantitative estimate of drug-likeness (QED) is 0.680. The maximum atomic E-state index is 13.1. The van der Waals surface area contributed by atoms with Crippen molar-refractivity contribution in [2.24, 2.45) is 0 Å². The van der Waals surface area contributed by atoms with Crippen LogP contribution in [0.5, 0.6) is 0 Å². The molecule has 5 nitrogen and oxygen atoms in total. The number of aromatic nitrogens is 1. The predicted octanol–water partition coefficient (Wildman–Crippen LogP) is 4.75. The molecule has 0 aliphatic rings. The van der Waals surface area contributed by atoms with Crippen LogP contribution in [-0.2, 0) is 6.54 Å². The highest BCUT2D eigenvalue weighted by atomic mass is 16.2. The van der Waals surface area contributed by atoms with Gasteiger partial charge in [0.2, 0.25) is 0 Å². The standard InChI is InChI=1S/C23H22N4O/c1-17(2)27(16-19-6-4-3-5-7-19)23(28)22-14-21(12-13-25-22)26-20-10-8-18(15-24)9-11-20/h3-14,17H,16H2,1-2H3,(H,25,26). The SMILES string of the molecule is CC(C)N(Cc1ccccc1)C(=O)c1cc(Nc2ccc(C#N)cc2)ccn1. The third-order valence-electron chi connectivity index (χ3n) is 4.36. The highest BCUT2D eigenvalue weighted by molar-refractivity contribution is 5.93. The fourth-order valence-electron chi connectivity index (χ4n) is 2.84. The summed E-state index contributed by atoms with van der Waals surface area (Å²) in [4.78, 5) is 19.2. The number of carbonyl (C=O) groups excluding carboxylic acids is 1. The van der Waals surface area contributed by atoms with Gasteiger partial charge in [0.15, 0.2) is 0 Å². The van der Waals surface area contributed by atoms with Crippen LogP contribution in [0, 0.1) is 11.3 Å². The number of nitrogens with one attached hydrogen (secondary N) is 1. The number of carbonyl (C=O) groups is 1. The molecule has 0 atom stereocenters. The molecule has 0 saturated heterocycles. The van der Waals surface area contributed by atoms with Crippen LogP contribution in [0.25, 0.3) is 0 Å². The molecular formula is C23H22N4O. The summed E-state index contributed by atoms with van der Waals surface area (Å²) in [5.74, 6) is -0.109. The smallest absolute Gasteiger partial charge is 0.273 e. The predicted molar refractivity (Wildman–Crippen MR) is 110 cm³/mol. The van der Waals surface area contributed by atoms with E-state index in [-0.39, 0.29) is 11.9 Å². The minimum Gasteiger partial charge on any atom is -0.355 e. The molecule has 0 saturated carbocycles. The summed E-state index contributed by atoms with van der Waals surface area (Å²) in [7, 11) is 0. The Morgan fingerprint density at radius 1 is 1.07 bits per heavy atom. The number of rotatable bonds is 6. The lowest BCUT2D eigenvalue weighted by Crippen LogP contribution is -2.36. The molecule has 28 heavy (non-hydrogen) atoms. The van der Waals surface area contributed by atoms with Crippen molar-refractivity contribution in [3.63, 3.8) is 0 Å². The van der Waals surface area contributed by atoms with Crippen LogP contribution in [-0.4, -0.2) is 21.8 Å². The summed E-state index contributed by atoms with van der Waals surface area (Å²) in [5.41, 5.74) is 3.68. The number of hydrogen-bond donors (Lipinski definition) is 1. The van der Waals surface area contributed by atoms with Crippen LogP contribution >= 0.6 is 0 Å². The maximum Gasteiger partial charge on any atom is 0.273 e. The Balaban J connectivity index is 1.78. The van der Waals surface area contributed by atoms with E-state index in [1.807, 2.05) is 67.3 Å². The molecule has 0 bridgehead atoms. The van der Waals surface area contributed by atoms with E-state index < -0.39 is 0 Å². The monoisotopic (exact) mass is 370 g/mol. The van der Waals surface area contributed by atoms with Gasteiger partial charge in [0.1, 0.15) is 5.69 Å². The number of amides is 1. The molecule has 2 aromatic carbocycles. The normalized spacial score (nSPS) is 10.4. The van der Waals surface area contributed by atoms with Gasteiger partial charge >= 0.3 is 0 Å². The summed E-state index contributed by atoms with van der Waals surface area (Å²) in [6.07, 6.45) is 1.63. The second-order valence-electron chi connectivity index (χ2n) is 6.76. The molecule has 3 aromatic rings. The fraction of sp³-hybridized carbons (Fsp3) is 0.174. The number of nitrogens with zero attached hydrogens (tertiary/aromatic N) is 3. The first-order chi connectivity index (χ1) is 13.6. The summed E-state index contributed by atoms with van der Waals surface area (Å²) in [6.45, 7) is 4.53. The first-order valence-electron chi connectivity index (χ1n) is 9.15. The number of nitriles is 1. The number of benzene rings is 2. The van der Waals surface area contributed by atoms with E-state index in [1.165, 1.54) is 0 Å². The first kappa shape index (κ1) is 19.1. The molecule has 0 spiro atoms. The van der Waals surface area contributed by atoms with Crippen molar-refractivity contribution in [3.8, 4) is 6.07 Å². The van der Waals surface area contributed by atoms with Gasteiger partial charge in [-0.05, 0) is 55.8 Å². The molecule has 1 amide bonds. The van der Waals surface area contributed by atoms with E-state index in [0.717, 1.165) is 16.9 Å². The molecular weight excluding hydrogens is 348 g/mol. The Bertz CT molecular complexity index is 975. The van der Waals surface area contributed by atoms with E-state index >= 15 is 0 Å². The molecule has 0 fully saturated rings. The van der Waals surface area contributed by atoms with Gasteiger partial charge in [-0.15, -0.1) is 0 Å². The fourth-order valence-corrected chi connectivity index (χ4v) is 2.84. The van der Waals surface area contributed by atoms with Crippen molar-refractivity contribution >= 4 is 17.3 Å². The molecule has 140 valence electrons. The second-order valence-corrected chi connectivity index (χ2v) is 6.76. The van der Waals surface area contributed by atoms with E-state index in [4.69, 9.17) is 5.26 Å². The largest absolute Gasteiger partial charge is 0.355 e. The zero-order valence-electron chi connectivity index (χ0n) is 16.0. The van der Waals surface area contributed by atoms with Crippen molar-refractivity contribution in [2.75, 3.05) is 5.32 Å². The minimum atomic E-state index is -0.109. The van der Waals surface area contributed by atoms with E-state index in [2.05, 4.69) is 16.4 Å². The van der Waals surface area contributed by atoms with Crippen molar-refractivity contribution in [3.05, 3.63) is 89.7 Å². The van der Waals surface area contributed by atoms with Crippen LogP contribution in [0.15, 0.2) is 72.9 Å². The lowest BCUT2D eigenvalue weighted by molar-refractivity contribution is 0.0684. The molecule has 3 rings (SSSR count). The van der Waals surface area contributed by atoms with Gasteiger partial charge in [-0.1, -0.05) is 30.3 Å². The third-order valence-corrected chi connectivity index (χ3v) is 4.36. The summed E-state index contributed by atoms with van der Waals surface area (Å²) >= 11 is 0. The van der Waals surface area contributed by atoms with E-state index in [0.29, 0.717) is 17.8 Å². The molecule has 0 aliphatic heterocycles. The average Bonchev–Trinajstić information content (AvgIpc) is 2.73. The van der Waals surface area contributed by atoms with Crippen molar-refractivity contribution in [1.82, 2.24) is 9.88 Å². The van der Waals surface area contributed by atoms with Crippen LogP contribution < -0.4 is 5.32 Å². The molecule has 1 aromatic heterocycles. The minimum absolute atomic E-state index is 0.0460. The zero-order chi connectivity index (χ0) is 19.9. The van der Waals surface area contributed by atoms with Gasteiger partial charge in [0.05, 0.1) is 11.6 Å². The van der Waals surface area contributed by atoms with Crippen LogP contribution in [0.4, 0.5) is 11.4 Å². The number of anilines is 2. The second kappa shape index (κ2) is 8.83. The maximum absolute atomic E-state index is 13.1. The third kappa shape index (κ3) is 4.74. The highest BCUT2D eigenvalue weighted by Gasteiger charge is 2.20. The van der Waals surface area contributed by atoms with Gasteiger partial charge in [-0.25, -0.2) is 0 Å². The Morgan fingerprint density at radius 2 is 1.79 bits per heavy atom. The Hall–Kier alpha value is -3.65. The molecule has 5 heteroatoms. The van der Waals surface area contributed by atoms with E-state index in [1.54, 1.807) is 24.4 Å². The van der Waals surface area contributed by atoms with Crippen molar-refractivity contribution in [2.45, 2.75) is 26.4 Å². The summed E-state index contributed by atoms with van der Waals surface area (Å²) in [6, 6.07) is 22.8. The lowest BCUT2D eigenvalue weighted by Gasteiger charge is -2.26. The van der Waals surface area contributed by atoms with Crippen LogP contribution in [0.2, 0.25) is 0 Å². The Morgan fingerprint density at radius 3 is 2.43 bits per heavy atom. The lowest BCUT2D eigenvalue weighted by atomic mass is 10.1. The Labute approximate surface area is 165 Å². The van der Waals surface area contributed by atoms with E-state index in [9.17, 15) is 4.79 Å². The van der Waals surface area contributed by atoms with Gasteiger partial charge in [0, 0.05) is 30.2 Å². The van der Waals surface area contributed by atoms with Gasteiger partial charge in [-0.2, -0.15) is 5.26 Å². The Kier molecular flexibility index (Phi) is 6.03. The van der Waals surface area contributed by atoms with Gasteiger partial charge < -0.3 is 10.2 Å².